The van der Waals surface area contributed by atoms with Crippen LogP contribution >= 0.6 is 11.6 Å². The summed E-state index contributed by atoms with van der Waals surface area (Å²) in [7, 11) is 0. The van der Waals surface area contributed by atoms with E-state index >= 15 is 0 Å². The average molecular weight is 389 g/mol. The lowest BCUT2D eigenvalue weighted by Gasteiger charge is -2.06. The van der Waals surface area contributed by atoms with Gasteiger partial charge in [-0.25, -0.2) is 4.79 Å². The summed E-state index contributed by atoms with van der Waals surface area (Å²) in [6, 6.07) is 10.6. The predicted octanol–water partition coefficient (Wildman–Crippen LogP) is 4.10. The molecule has 1 amide bonds. The third-order valence-electron chi connectivity index (χ3n) is 3.79. The molecule has 9 heteroatoms. The average Bonchev–Trinajstić information content (AvgIpc) is 2.96. The summed E-state index contributed by atoms with van der Waals surface area (Å²) in [5.74, 6) is -1.57. The van der Waals surface area contributed by atoms with E-state index in [1.807, 2.05) is 0 Å². The minimum atomic E-state index is -0.822. The summed E-state index contributed by atoms with van der Waals surface area (Å²) in [6.07, 6.45) is 0. The number of amides is 1. The topological polar surface area (TPSA) is 112 Å². The summed E-state index contributed by atoms with van der Waals surface area (Å²) in [4.78, 5) is 34.5. The Morgan fingerprint density at radius 3 is 2.74 bits per heavy atom. The minimum absolute atomic E-state index is 0.0121. The molecule has 0 spiro atoms. The van der Waals surface area contributed by atoms with Crippen LogP contribution in [0, 0.1) is 17.0 Å². The van der Waals surface area contributed by atoms with Crippen molar-refractivity contribution in [2.75, 3.05) is 11.9 Å². The summed E-state index contributed by atoms with van der Waals surface area (Å²) >= 11 is 5.94. The summed E-state index contributed by atoms with van der Waals surface area (Å²) in [5, 5.41) is 14.5. The lowest BCUT2D eigenvalue weighted by atomic mass is 10.1. The molecule has 3 aromatic rings. The van der Waals surface area contributed by atoms with Gasteiger partial charge in [-0.2, -0.15) is 0 Å². The number of furan rings is 1. The van der Waals surface area contributed by atoms with Crippen LogP contribution in [0.2, 0.25) is 5.02 Å². The van der Waals surface area contributed by atoms with E-state index in [-0.39, 0.29) is 17.1 Å². The van der Waals surface area contributed by atoms with Gasteiger partial charge >= 0.3 is 5.97 Å². The third-order valence-corrected chi connectivity index (χ3v) is 4.03. The maximum atomic E-state index is 12.2. The highest BCUT2D eigenvalue weighted by Crippen LogP contribution is 2.28. The smallest absolute Gasteiger partial charge is 0.375 e. The van der Waals surface area contributed by atoms with E-state index < -0.39 is 23.4 Å². The van der Waals surface area contributed by atoms with Crippen LogP contribution in [-0.4, -0.2) is 23.4 Å². The number of hydrogen-bond acceptors (Lipinski definition) is 6. The van der Waals surface area contributed by atoms with Crippen molar-refractivity contribution in [2.24, 2.45) is 0 Å². The Balaban J connectivity index is 1.68. The Kier molecular flexibility index (Phi) is 5.09. The third kappa shape index (κ3) is 3.90. The number of aryl methyl sites for hydroxylation is 1. The van der Waals surface area contributed by atoms with Crippen LogP contribution in [0.25, 0.3) is 11.0 Å². The molecular weight excluding hydrogens is 376 g/mol. The largest absolute Gasteiger partial charge is 0.450 e. The fraction of sp³-hybridized carbons (Fsp3) is 0.111. The van der Waals surface area contributed by atoms with E-state index in [9.17, 15) is 19.7 Å². The van der Waals surface area contributed by atoms with Crippen LogP contribution in [-0.2, 0) is 9.53 Å². The van der Waals surface area contributed by atoms with Crippen LogP contribution < -0.4 is 5.32 Å². The summed E-state index contributed by atoms with van der Waals surface area (Å²) in [5.41, 5.74) is 0.755. The molecule has 0 aliphatic rings. The first kappa shape index (κ1) is 18.4. The fourth-order valence-electron chi connectivity index (χ4n) is 2.51. The van der Waals surface area contributed by atoms with Crippen molar-refractivity contribution in [3.63, 3.8) is 0 Å². The molecule has 138 valence electrons. The van der Waals surface area contributed by atoms with Gasteiger partial charge in [0.25, 0.3) is 11.6 Å². The number of fused-ring (bicyclic) bond motifs is 1. The van der Waals surface area contributed by atoms with Crippen molar-refractivity contribution in [1.29, 1.82) is 0 Å². The SMILES string of the molecule is Cc1c(C(=O)OCC(=O)Nc2ccccc2[N+](=O)[O-])oc2ccc(Cl)cc12. The number of nitro groups is 1. The lowest BCUT2D eigenvalue weighted by molar-refractivity contribution is -0.383. The van der Waals surface area contributed by atoms with Crippen molar-refractivity contribution in [3.05, 3.63) is 68.9 Å². The zero-order valence-corrected chi connectivity index (χ0v) is 14.8. The van der Waals surface area contributed by atoms with Gasteiger partial charge in [0.05, 0.1) is 4.92 Å². The minimum Gasteiger partial charge on any atom is -0.450 e. The number of nitrogens with zero attached hydrogens (tertiary/aromatic N) is 1. The first-order valence-electron chi connectivity index (χ1n) is 7.76. The number of benzene rings is 2. The number of rotatable bonds is 5. The van der Waals surface area contributed by atoms with Crippen LogP contribution in [0.4, 0.5) is 11.4 Å². The van der Waals surface area contributed by atoms with Crippen LogP contribution in [0.1, 0.15) is 16.1 Å². The van der Waals surface area contributed by atoms with Gasteiger partial charge < -0.3 is 14.5 Å². The molecule has 2 aromatic carbocycles. The molecule has 8 nitrogen and oxygen atoms in total. The molecule has 3 rings (SSSR count). The fourth-order valence-corrected chi connectivity index (χ4v) is 2.68. The van der Waals surface area contributed by atoms with Crippen molar-refractivity contribution >= 4 is 45.8 Å². The van der Waals surface area contributed by atoms with Gasteiger partial charge in [-0.1, -0.05) is 23.7 Å². The van der Waals surface area contributed by atoms with Crippen LogP contribution in [0.5, 0.6) is 0 Å². The van der Waals surface area contributed by atoms with Gasteiger partial charge in [0, 0.05) is 22.0 Å². The number of esters is 1. The van der Waals surface area contributed by atoms with Crippen molar-refractivity contribution in [2.45, 2.75) is 6.92 Å². The number of halogens is 1. The van der Waals surface area contributed by atoms with E-state index in [0.717, 1.165) is 0 Å². The first-order valence-corrected chi connectivity index (χ1v) is 8.13. The molecule has 0 radical (unpaired) electrons. The second kappa shape index (κ2) is 7.46. The Morgan fingerprint density at radius 2 is 2.00 bits per heavy atom. The van der Waals surface area contributed by atoms with E-state index in [1.165, 1.54) is 24.3 Å². The Hall–Kier alpha value is -3.39. The Morgan fingerprint density at radius 1 is 1.26 bits per heavy atom. The van der Waals surface area contributed by atoms with Gasteiger partial charge in [-0.05, 0) is 31.2 Å². The van der Waals surface area contributed by atoms with Crippen LogP contribution in [0.3, 0.4) is 0 Å². The molecule has 0 bridgehead atoms. The Labute approximate surface area is 157 Å². The lowest BCUT2D eigenvalue weighted by Crippen LogP contribution is -2.21. The number of ether oxygens (including phenoxy) is 1. The highest BCUT2D eigenvalue weighted by molar-refractivity contribution is 6.31. The number of nitro benzene ring substituents is 1. The number of carbonyl (C=O) groups excluding carboxylic acids is 2. The normalized spacial score (nSPS) is 10.6. The van der Waals surface area contributed by atoms with Gasteiger partial charge in [-0.3, -0.25) is 14.9 Å². The maximum Gasteiger partial charge on any atom is 0.375 e. The number of anilines is 1. The number of nitrogens with one attached hydrogen (secondary N) is 1. The molecule has 0 fully saturated rings. The number of carbonyl (C=O) groups is 2. The molecule has 1 aromatic heterocycles. The molecule has 1 heterocycles. The molecule has 0 aliphatic heterocycles. The highest BCUT2D eigenvalue weighted by atomic mass is 35.5. The molecule has 0 atom stereocenters. The molecule has 0 unspecified atom stereocenters. The van der Waals surface area contributed by atoms with Gasteiger partial charge in [0.15, 0.2) is 6.61 Å². The number of para-hydroxylation sites is 2. The second-order valence-corrected chi connectivity index (χ2v) is 6.03. The molecule has 0 saturated heterocycles. The van der Waals surface area contributed by atoms with Crippen LogP contribution in [0.15, 0.2) is 46.9 Å². The predicted molar refractivity (Wildman–Crippen MR) is 98.0 cm³/mol. The Bertz CT molecular complexity index is 1060. The summed E-state index contributed by atoms with van der Waals surface area (Å²) in [6.45, 7) is 1.05. The second-order valence-electron chi connectivity index (χ2n) is 5.60. The molecular formula is C18H13ClN2O6. The van der Waals surface area contributed by atoms with Gasteiger partial charge in [0.1, 0.15) is 11.3 Å². The van der Waals surface area contributed by atoms with Crippen molar-refractivity contribution < 1.29 is 23.7 Å². The van der Waals surface area contributed by atoms with E-state index in [0.29, 0.717) is 21.6 Å². The standard InChI is InChI=1S/C18H13ClN2O6/c1-10-12-8-11(19)6-7-15(12)27-17(10)18(23)26-9-16(22)20-13-4-2-3-5-14(13)21(24)25/h2-8H,9H2,1H3,(H,20,22). The highest BCUT2D eigenvalue weighted by Gasteiger charge is 2.21. The quantitative estimate of drug-likeness (QED) is 0.400. The monoisotopic (exact) mass is 388 g/mol. The number of hydrogen-bond donors (Lipinski definition) is 1. The van der Waals surface area contributed by atoms with Crippen molar-refractivity contribution in [3.8, 4) is 0 Å². The van der Waals surface area contributed by atoms with Gasteiger partial charge in [0.2, 0.25) is 5.76 Å². The summed E-state index contributed by atoms with van der Waals surface area (Å²) < 4.78 is 10.4. The molecule has 0 saturated carbocycles. The zero-order valence-electron chi connectivity index (χ0n) is 14.0. The van der Waals surface area contributed by atoms with Crippen molar-refractivity contribution in [1.82, 2.24) is 0 Å². The van der Waals surface area contributed by atoms with Gasteiger partial charge in [-0.15, -0.1) is 0 Å². The maximum absolute atomic E-state index is 12.2. The van der Waals surface area contributed by atoms with E-state index in [4.69, 9.17) is 20.8 Å². The first-order chi connectivity index (χ1) is 12.9. The van der Waals surface area contributed by atoms with E-state index in [2.05, 4.69) is 5.32 Å². The van der Waals surface area contributed by atoms with E-state index in [1.54, 1.807) is 25.1 Å². The zero-order chi connectivity index (χ0) is 19.6. The molecule has 0 aliphatic carbocycles. The molecule has 27 heavy (non-hydrogen) atoms. The molecule has 1 N–H and O–H groups in total.